The van der Waals surface area contributed by atoms with Crippen LogP contribution in [0.15, 0.2) is 12.1 Å². The molecule has 6 N–H and O–H groups in total. The van der Waals surface area contributed by atoms with Crippen molar-refractivity contribution in [3.8, 4) is 5.75 Å². The fourth-order valence-electron chi connectivity index (χ4n) is 3.65. The highest BCUT2D eigenvalue weighted by Gasteiger charge is 2.36. The molecule has 5 heteroatoms. The summed E-state index contributed by atoms with van der Waals surface area (Å²) in [5.74, 6) is 0.157. The molecular formula is C23H41N3O2. The number of carbonyl (C=O) groups is 1. The first-order chi connectivity index (χ1) is 12.6. The summed E-state index contributed by atoms with van der Waals surface area (Å²) < 4.78 is 5.91. The van der Waals surface area contributed by atoms with Gasteiger partial charge in [0.05, 0.1) is 5.92 Å². The first kappa shape index (κ1) is 24.6. The van der Waals surface area contributed by atoms with E-state index in [1.54, 1.807) is 0 Å². The van der Waals surface area contributed by atoms with Gasteiger partial charge in [-0.05, 0) is 71.6 Å². The van der Waals surface area contributed by atoms with Crippen molar-refractivity contribution < 1.29 is 9.53 Å². The molecule has 0 saturated heterocycles. The van der Waals surface area contributed by atoms with E-state index in [1.165, 1.54) is 0 Å². The van der Waals surface area contributed by atoms with Crippen LogP contribution in [-0.4, -0.2) is 5.97 Å². The van der Waals surface area contributed by atoms with E-state index < -0.39 is 16.6 Å². The molecule has 1 unspecified atom stereocenters. The summed E-state index contributed by atoms with van der Waals surface area (Å²) in [5, 5.41) is 0. The molecular weight excluding hydrogens is 350 g/mol. The Bertz CT molecular complexity index is 677. The Kier molecular flexibility index (Phi) is 7.85. The molecule has 0 bridgehead atoms. The van der Waals surface area contributed by atoms with Crippen LogP contribution in [0.25, 0.3) is 0 Å². The Hall–Kier alpha value is -1.43. The van der Waals surface area contributed by atoms with Gasteiger partial charge in [0.25, 0.3) is 0 Å². The van der Waals surface area contributed by atoms with E-state index in [1.807, 2.05) is 60.6 Å². The molecule has 0 aliphatic carbocycles. The van der Waals surface area contributed by atoms with Crippen molar-refractivity contribution in [1.82, 2.24) is 0 Å². The van der Waals surface area contributed by atoms with Gasteiger partial charge in [0.2, 0.25) is 0 Å². The maximum absolute atomic E-state index is 12.9. The van der Waals surface area contributed by atoms with Gasteiger partial charge in [-0.15, -0.1) is 0 Å². The van der Waals surface area contributed by atoms with Crippen molar-refractivity contribution in [3.63, 3.8) is 0 Å². The summed E-state index contributed by atoms with van der Waals surface area (Å²) in [7, 11) is 0. The Morgan fingerprint density at radius 3 is 1.86 bits per heavy atom. The predicted molar refractivity (Wildman–Crippen MR) is 117 cm³/mol. The summed E-state index contributed by atoms with van der Waals surface area (Å²) in [6.45, 7) is 15.7. The second-order valence-corrected chi connectivity index (χ2v) is 9.69. The lowest BCUT2D eigenvalue weighted by molar-refractivity contribution is -0.139. The van der Waals surface area contributed by atoms with E-state index in [4.69, 9.17) is 21.9 Å². The molecule has 1 rings (SSSR count). The molecule has 5 nitrogen and oxygen atoms in total. The number of benzene rings is 1. The quantitative estimate of drug-likeness (QED) is 0.428. The minimum atomic E-state index is -0.756. The molecule has 0 aromatic heterocycles. The van der Waals surface area contributed by atoms with Crippen molar-refractivity contribution in [2.45, 2.75) is 97.7 Å². The minimum Gasteiger partial charge on any atom is -0.426 e. The van der Waals surface area contributed by atoms with E-state index in [0.29, 0.717) is 5.75 Å². The van der Waals surface area contributed by atoms with Gasteiger partial charge in [-0.3, -0.25) is 4.79 Å². The summed E-state index contributed by atoms with van der Waals surface area (Å²) >= 11 is 0. The third-order valence-electron chi connectivity index (χ3n) is 5.09. The van der Waals surface area contributed by atoms with Crippen molar-refractivity contribution in [1.29, 1.82) is 0 Å². The van der Waals surface area contributed by atoms with Gasteiger partial charge < -0.3 is 21.9 Å². The van der Waals surface area contributed by atoms with Crippen LogP contribution >= 0.6 is 0 Å². The highest BCUT2D eigenvalue weighted by atomic mass is 16.5. The summed E-state index contributed by atoms with van der Waals surface area (Å²) in [5.41, 5.74) is 20.0. The topological polar surface area (TPSA) is 104 Å². The number of unbranched alkanes of at least 4 members (excludes halogenated alkanes) is 1. The smallest absolute Gasteiger partial charge is 0.314 e. The van der Waals surface area contributed by atoms with E-state index in [-0.39, 0.29) is 11.9 Å². The fraction of sp³-hybridized carbons (Fsp3) is 0.696. The standard InChI is InChI=1S/C23H41N3O2/c1-9-11-12-15(10-2)20(27)28-17-14-13-16(21(3,4)24)18(22(5,6)25)19(17)23(7,8)26/h13-15H,9-12,24-26H2,1-8H3. The zero-order valence-electron chi connectivity index (χ0n) is 19.1. The predicted octanol–water partition coefficient (Wildman–Crippen LogP) is 4.39. The van der Waals surface area contributed by atoms with Crippen LogP contribution in [0.3, 0.4) is 0 Å². The molecule has 0 aliphatic heterocycles. The highest BCUT2D eigenvalue weighted by Crippen LogP contribution is 2.41. The van der Waals surface area contributed by atoms with Gasteiger partial charge in [0.1, 0.15) is 5.75 Å². The largest absolute Gasteiger partial charge is 0.426 e. The average molecular weight is 392 g/mol. The van der Waals surface area contributed by atoms with Gasteiger partial charge in [0, 0.05) is 22.2 Å². The minimum absolute atomic E-state index is 0.117. The molecule has 0 saturated carbocycles. The van der Waals surface area contributed by atoms with Gasteiger partial charge >= 0.3 is 5.97 Å². The van der Waals surface area contributed by atoms with Crippen molar-refractivity contribution in [2.24, 2.45) is 23.1 Å². The fourth-order valence-corrected chi connectivity index (χ4v) is 3.65. The van der Waals surface area contributed by atoms with Crippen LogP contribution in [0.2, 0.25) is 0 Å². The van der Waals surface area contributed by atoms with Gasteiger partial charge in [-0.2, -0.15) is 0 Å². The van der Waals surface area contributed by atoms with Crippen molar-refractivity contribution >= 4 is 5.97 Å². The highest BCUT2D eigenvalue weighted by molar-refractivity contribution is 5.76. The third kappa shape index (κ3) is 6.03. The zero-order valence-corrected chi connectivity index (χ0v) is 19.1. The first-order valence-corrected chi connectivity index (χ1v) is 10.4. The molecule has 0 fully saturated rings. The zero-order chi connectivity index (χ0) is 21.9. The molecule has 0 heterocycles. The molecule has 160 valence electrons. The average Bonchev–Trinajstić information content (AvgIpc) is 2.52. The van der Waals surface area contributed by atoms with Gasteiger partial charge in [-0.1, -0.05) is 32.8 Å². The van der Waals surface area contributed by atoms with Crippen molar-refractivity contribution in [2.75, 3.05) is 0 Å². The van der Waals surface area contributed by atoms with Gasteiger partial charge in [0.15, 0.2) is 0 Å². The number of esters is 1. The maximum atomic E-state index is 12.9. The number of carbonyl (C=O) groups excluding carboxylic acids is 1. The number of hydrogen-bond acceptors (Lipinski definition) is 5. The lowest BCUT2D eigenvalue weighted by atomic mass is 9.75. The number of rotatable bonds is 9. The summed E-state index contributed by atoms with van der Waals surface area (Å²) in [6.07, 6.45) is 3.64. The number of hydrogen-bond donors (Lipinski definition) is 3. The van der Waals surface area contributed by atoms with Crippen LogP contribution in [-0.2, 0) is 21.4 Å². The van der Waals surface area contributed by atoms with E-state index >= 15 is 0 Å². The van der Waals surface area contributed by atoms with Crippen LogP contribution < -0.4 is 21.9 Å². The molecule has 0 radical (unpaired) electrons. The van der Waals surface area contributed by atoms with Crippen molar-refractivity contribution in [3.05, 3.63) is 28.8 Å². The summed E-state index contributed by atoms with van der Waals surface area (Å²) in [4.78, 5) is 12.9. The Labute approximate surface area is 171 Å². The molecule has 1 atom stereocenters. The molecule has 1 aromatic rings. The molecule has 0 spiro atoms. The molecule has 0 amide bonds. The van der Waals surface area contributed by atoms with Crippen LogP contribution in [0.5, 0.6) is 5.75 Å². The normalized spacial score (nSPS) is 14.1. The Morgan fingerprint density at radius 1 is 0.929 bits per heavy atom. The van der Waals surface area contributed by atoms with Crippen LogP contribution in [0, 0.1) is 5.92 Å². The van der Waals surface area contributed by atoms with Crippen LogP contribution in [0.1, 0.15) is 97.8 Å². The maximum Gasteiger partial charge on any atom is 0.314 e. The SMILES string of the molecule is CCCCC(CC)C(=O)Oc1ccc(C(C)(C)N)c(C(C)(C)N)c1C(C)(C)N. The van der Waals surface area contributed by atoms with E-state index in [9.17, 15) is 4.79 Å². The molecule has 28 heavy (non-hydrogen) atoms. The van der Waals surface area contributed by atoms with E-state index in [0.717, 1.165) is 42.4 Å². The monoisotopic (exact) mass is 391 g/mol. The number of ether oxygens (including phenoxy) is 1. The second-order valence-electron chi connectivity index (χ2n) is 9.69. The number of nitrogens with two attached hydrogens (primary N) is 3. The second kappa shape index (κ2) is 8.93. The first-order valence-electron chi connectivity index (χ1n) is 10.4. The Balaban J connectivity index is 3.59. The Morgan fingerprint density at radius 2 is 1.46 bits per heavy atom. The lowest BCUT2D eigenvalue weighted by Gasteiger charge is -2.37. The van der Waals surface area contributed by atoms with Gasteiger partial charge in [-0.25, -0.2) is 0 Å². The summed E-state index contributed by atoms with van der Waals surface area (Å²) in [6, 6.07) is 3.72. The molecule has 1 aromatic carbocycles. The van der Waals surface area contributed by atoms with Crippen LogP contribution in [0.4, 0.5) is 0 Å². The van der Waals surface area contributed by atoms with E-state index in [2.05, 4.69) is 6.92 Å². The lowest BCUT2D eigenvalue weighted by Crippen LogP contribution is -2.42. The molecule has 0 aliphatic rings. The third-order valence-corrected chi connectivity index (χ3v) is 5.09.